The monoisotopic (exact) mass is 169 g/mol. The Morgan fingerprint density at radius 3 is 2.33 bits per heavy atom. The highest BCUT2D eigenvalue weighted by atomic mass is 16.1. The molecule has 12 heavy (non-hydrogen) atoms. The predicted octanol–water partition coefficient (Wildman–Crippen LogP) is 0.904. The molecule has 0 heterocycles. The molecule has 1 amide bonds. The first-order valence-corrected chi connectivity index (χ1v) is 3.89. The Hall–Kier alpha value is -1.12. The molecule has 68 valence electrons. The van der Waals surface area contributed by atoms with Crippen molar-refractivity contribution in [1.29, 1.82) is 0 Å². The lowest BCUT2D eigenvalue weighted by Gasteiger charge is -2.10. The van der Waals surface area contributed by atoms with E-state index in [0.29, 0.717) is 12.0 Å². The van der Waals surface area contributed by atoms with Crippen molar-refractivity contribution < 1.29 is 9.59 Å². The van der Waals surface area contributed by atoms with Crippen LogP contribution in [0.1, 0.15) is 20.3 Å². The van der Waals surface area contributed by atoms with Gasteiger partial charge in [0.05, 0.1) is 0 Å². The molecule has 0 fully saturated rings. The molecule has 0 aliphatic rings. The fourth-order valence-electron chi connectivity index (χ4n) is 0.939. The largest absolute Gasteiger partial charge is 0.355 e. The first-order valence-electron chi connectivity index (χ1n) is 3.89. The highest BCUT2D eigenvalue weighted by Crippen LogP contribution is 2.12. The Bertz CT molecular complexity index is 209. The molecule has 0 bridgehead atoms. The standard InChI is InChI=1S/C9H15NO2/c1-6(5-7(2)11)8(3)9(12)10-4/h6H,3,5H2,1-2,4H3,(H,10,12). The number of hydrogen-bond donors (Lipinski definition) is 1. The van der Waals surface area contributed by atoms with E-state index >= 15 is 0 Å². The number of likely N-dealkylation sites (N-methyl/N-ethyl adjacent to an activating group) is 1. The summed E-state index contributed by atoms with van der Waals surface area (Å²) in [7, 11) is 1.55. The van der Waals surface area contributed by atoms with Crippen LogP contribution in [0, 0.1) is 5.92 Å². The van der Waals surface area contributed by atoms with Gasteiger partial charge < -0.3 is 10.1 Å². The number of carbonyl (C=O) groups is 2. The number of Topliss-reactive ketones (excluding diaryl/α,β-unsaturated/α-hetero) is 1. The van der Waals surface area contributed by atoms with Gasteiger partial charge in [-0.2, -0.15) is 0 Å². The molecule has 0 radical (unpaired) electrons. The van der Waals surface area contributed by atoms with Gasteiger partial charge in [0.25, 0.3) is 0 Å². The molecule has 1 unspecified atom stereocenters. The van der Waals surface area contributed by atoms with E-state index in [1.54, 1.807) is 7.05 Å². The van der Waals surface area contributed by atoms with Crippen molar-refractivity contribution in [2.75, 3.05) is 7.05 Å². The van der Waals surface area contributed by atoms with Crippen molar-refractivity contribution in [3.8, 4) is 0 Å². The van der Waals surface area contributed by atoms with Gasteiger partial charge in [-0.1, -0.05) is 13.5 Å². The van der Waals surface area contributed by atoms with Crippen LogP contribution < -0.4 is 5.32 Å². The van der Waals surface area contributed by atoms with E-state index in [-0.39, 0.29) is 17.6 Å². The van der Waals surface area contributed by atoms with Gasteiger partial charge in [-0.05, 0) is 12.8 Å². The first-order chi connectivity index (χ1) is 5.49. The second kappa shape index (κ2) is 4.70. The van der Waals surface area contributed by atoms with Crippen molar-refractivity contribution in [1.82, 2.24) is 5.32 Å². The molecule has 0 saturated heterocycles. The lowest BCUT2D eigenvalue weighted by atomic mass is 9.97. The molecule has 0 spiro atoms. The number of carbonyl (C=O) groups excluding carboxylic acids is 2. The summed E-state index contributed by atoms with van der Waals surface area (Å²) in [5.41, 5.74) is 0.465. The van der Waals surface area contributed by atoms with Gasteiger partial charge in [-0.3, -0.25) is 4.79 Å². The van der Waals surface area contributed by atoms with Crippen molar-refractivity contribution in [2.45, 2.75) is 20.3 Å². The average Bonchev–Trinajstić information content (AvgIpc) is 2.00. The van der Waals surface area contributed by atoms with Crippen molar-refractivity contribution in [2.24, 2.45) is 5.92 Å². The second-order valence-electron chi connectivity index (χ2n) is 2.91. The molecule has 0 aliphatic carbocycles. The van der Waals surface area contributed by atoms with E-state index in [0.717, 1.165) is 0 Å². The quantitative estimate of drug-likeness (QED) is 0.636. The van der Waals surface area contributed by atoms with Crippen LogP contribution in [0.3, 0.4) is 0 Å². The summed E-state index contributed by atoms with van der Waals surface area (Å²) < 4.78 is 0. The van der Waals surface area contributed by atoms with E-state index in [9.17, 15) is 9.59 Å². The zero-order valence-corrected chi connectivity index (χ0v) is 7.81. The van der Waals surface area contributed by atoms with Gasteiger partial charge in [-0.15, -0.1) is 0 Å². The fourth-order valence-corrected chi connectivity index (χ4v) is 0.939. The Kier molecular flexibility index (Phi) is 4.26. The predicted molar refractivity (Wildman–Crippen MR) is 47.7 cm³/mol. The summed E-state index contributed by atoms with van der Waals surface area (Å²) in [6.45, 7) is 6.94. The van der Waals surface area contributed by atoms with Crippen molar-refractivity contribution in [3.63, 3.8) is 0 Å². The van der Waals surface area contributed by atoms with E-state index in [1.165, 1.54) is 6.92 Å². The molecule has 0 aliphatic heterocycles. The third kappa shape index (κ3) is 3.32. The zero-order valence-electron chi connectivity index (χ0n) is 7.81. The molecule has 0 aromatic rings. The molecule has 0 aromatic carbocycles. The van der Waals surface area contributed by atoms with E-state index in [2.05, 4.69) is 11.9 Å². The van der Waals surface area contributed by atoms with Gasteiger partial charge in [-0.25, -0.2) is 0 Å². The van der Waals surface area contributed by atoms with Crippen LogP contribution in [-0.4, -0.2) is 18.7 Å². The van der Waals surface area contributed by atoms with E-state index in [1.807, 2.05) is 6.92 Å². The summed E-state index contributed by atoms with van der Waals surface area (Å²) in [6.07, 6.45) is 0.381. The first kappa shape index (κ1) is 10.9. The highest BCUT2D eigenvalue weighted by Gasteiger charge is 2.14. The highest BCUT2D eigenvalue weighted by molar-refractivity contribution is 5.93. The number of amides is 1. The molecule has 0 aromatic heterocycles. The van der Waals surface area contributed by atoms with Crippen LogP contribution in [0.2, 0.25) is 0 Å². The maximum absolute atomic E-state index is 11.0. The van der Waals surface area contributed by atoms with Crippen LogP contribution >= 0.6 is 0 Å². The Balaban J connectivity index is 4.10. The van der Waals surface area contributed by atoms with Crippen molar-refractivity contribution >= 4 is 11.7 Å². The minimum Gasteiger partial charge on any atom is -0.355 e. The summed E-state index contributed by atoms with van der Waals surface area (Å²) in [5, 5.41) is 2.47. The normalized spacial score (nSPS) is 11.9. The Labute approximate surface area is 72.8 Å². The lowest BCUT2D eigenvalue weighted by Crippen LogP contribution is -2.23. The molecule has 3 heteroatoms. The minimum absolute atomic E-state index is 0.0672. The molecule has 1 N–H and O–H groups in total. The van der Waals surface area contributed by atoms with Gasteiger partial charge in [0, 0.05) is 19.0 Å². The number of ketones is 1. The van der Waals surface area contributed by atoms with E-state index in [4.69, 9.17) is 0 Å². The summed E-state index contributed by atoms with van der Waals surface area (Å²) in [5.74, 6) is -0.182. The molecular formula is C9H15NO2. The summed E-state index contributed by atoms with van der Waals surface area (Å²) >= 11 is 0. The van der Waals surface area contributed by atoms with Crippen LogP contribution in [-0.2, 0) is 9.59 Å². The lowest BCUT2D eigenvalue weighted by molar-refractivity contribution is -0.118. The fraction of sp³-hybridized carbons (Fsp3) is 0.556. The summed E-state index contributed by atoms with van der Waals surface area (Å²) in [4.78, 5) is 21.7. The van der Waals surface area contributed by atoms with Crippen LogP contribution in [0.15, 0.2) is 12.2 Å². The van der Waals surface area contributed by atoms with Crippen molar-refractivity contribution in [3.05, 3.63) is 12.2 Å². The maximum atomic E-state index is 11.0. The number of nitrogens with one attached hydrogen (secondary N) is 1. The zero-order chi connectivity index (χ0) is 9.72. The molecule has 1 atom stereocenters. The summed E-state index contributed by atoms with van der Waals surface area (Å²) in [6, 6.07) is 0. The van der Waals surface area contributed by atoms with Gasteiger partial charge in [0.15, 0.2) is 0 Å². The molecule has 3 nitrogen and oxygen atoms in total. The van der Waals surface area contributed by atoms with E-state index < -0.39 is 0 Å². The second-order valence-corrected chi connectivity index (χ2v) is 2.91. The third-order valence-corrected chi connectivity index (χ3v) is 1.71. The van der Waals surface area contributed by atoms with Gasteiger partial charge in [0.2, 0.25) is 5.91 Å². The average molecular weight is 169 g/mol. The van der Waals surface area contributed by atoms with Crippen LogP contribution in [0.25, 0.3) is 0 Å². The molecule has 0 rings (SSSR count). The van der Waals surface area contributed by atoms with Crippen LogP contribution in [0.5, 0.6) is 0 Å². The topological polar surface area (TPSA) is 46.2 Å². The number of hydrogen-bond acceptors (Lipinski definition) is 2. The maximum Gasteiger partial charge on any atom is 0.246 e. The van der Waals surface area contributed by atoms with Gasteiger partial charge in [0.1, 0.15) is 5.78 Å². The van der Waals surface area contributed by atoms with Gasteiger partial charge >= 0.3 is 0 Å². The molecule has 0 saturated carbocycles. The number of rotatable bonds is 4. The third-order valence-electron chi connectivity index (χ3n) is 1.71. The smallest absolute Gasteiger partial charge is 0.246 e. The minimum atomic E-state index is -0.191. The Morgan fingerprint density at radius 2 is 2.00 bits per heavy atom. The Morgan fingerprint density at radius 1 is 1.50 bits per heavy atom. The van der Waals surface area contributed by atoms with Crippen LogP contribution in [0.4, 0.5) is 0 Å². The molecular weight excluding hydrogens is 154 g/mol. The SMILES string of the molecule is C=C(C(=O)NC)C(C)CC(C)=O.